The molecule has 0 fully saturated rings. The summed E-state index contributed by atoms with van der Waals surface area (Å²) < 4.78 is 0. The van der Waals surface area contributed by atoms with Crippen molar-refractivity contribution in [2.45, 2.75) is 12.8 Å². The molecule has 0 aliphatic carbocycles. The molecule has 0 aromatic heterocycles. The second-order valence-electron chi connectivity index (χ2n) is 3.79. The Morgan fingerprint density at radius 3 is 2.78 bits per heavy atom. The average Bonchev–Trinajstić information content (AvgIpc) is 2.33. The molecule has 3 N–H and O–H groups in total. The third-order valence-electron chi connectivity index (χ3n) is 2.31. The van der Waals surface area contributed by atoms with E-state index in [9.17, 15) is 4.79 Å². The van der Waals surface area contributed by atoms with Crippen LogP contribution in [0, 0.1) is 0 Å². The number of hydrogen-bond donors (Lipinski definition) is 2. The summed E-state index contributed by atoms with van der Waals surface area (Å²) in [6.45, 7) is 1.28. The Balaban J connectivity index is 2.45. The van der Waals surface area contributed by atoms with Gasteiger partial charge in [0.05, 0.1) is 0 Å². The number of benzene rings is 1. The second kappa shape index (κ2) is 8.14. The van der Waals surface area contributed by atoms with Gasteiger partial charge in [0.15, 0.2) is 0 Å². The summed E-state index contributed by atoms with van der Waals surface area (Å²) in [6.07, 6.45) is 4.92. The Hall–Kier alpha value is -1.03. The van der Waals surface area contributed by atoms with Crippen LogP contribution in [-0.4, -0.2) is 19.0 Å². The lowest BCUT2D eigenvalue weighted by Crippen LogP contribution is -2.22. The summed E-state index contributed by atoms with van der Waals surface area (Å²) in [7, 11) is 0. The standard InChI is InChI=1S/C13H16Cl2N2O/c14-11-5-3-10(12(15)9-11)4-6-13(18)17-8-2-1-7-16/h3-6,9H,1-2,7-8,16H2,(H,17,18)/b6-4+. The number of rotatable bonds is 6. The first-order valence-electron chi connectivity index (χ1n) is 5.74. The van der Waals surface area contributed by atoms with Crippen molar-refractivity contribution in [3.63, 3.8) is 0 Å². The van der Waals surface area contributed by atoms with Crippen LogP contribution in [0.5, 0.6) is 0 Å². The lowest BCUT2D eigenvalue weighted by molar-refractivity contribution is -0.116. The SMILES string of the molecule is NCCCCNC(=O)/C=C/c1ccc(Cl)cc1Cl. The molecule has 0 atom stereocenters. The van der Waals surface area contributed by atoms with Crippen molar-refractivity contribution in [3.05, 3.63) is 39.9 Å². The van der Waals surface area contributed by atoms with E-state index in [0.717, 1.165) is 18.4 Å². The van der Waals surface area contributed by atoms with Gasteiger partial charge in [-0.3, -0.25) is 4.79 Å². The van der Waals surface area contributed by atoms with Crippen LogP contribution in [0.2, 0.25) is 10.0 Å². The van der Waals surface area contributed by atoms with E-state index >= 15 is 0 Å². The molecule has 1 rings (SSSR count). The van der Waals surface area contributed by atoms with Crippen LogP contribution in [0.25, 0.3) is 6.08 Å². The van der Waals surface area contributed by atoms with E-state index in [2.05, 4.69) is 5.32 Å². The van der Waals surface area contributed by atoms with Gasteiger partial charge in [-0.05, 0) is 43.2 Å². The number of nitrogens with one attached hydrogen (secondary N) is 1. The molecule has 0 unspecified atom stereocenters. The zero-order valence-electron chi connectivity index (χ0n) is 9.96. The van der Waals surface area contributed by atoms with Crippen LogP contribution in [0.4, 0.5) is 0 Å². The maximum absolute atomic E-state index is 11.5. The summed E-state index contributed by atoms with van der Waals surface area (Å²) in [5.74, 6) is -0.141. The highest BCUT2D eigenvalue weighted by Crippen LogP contribution is 2.21. The molecule has 18 heavy (non-hydrogen) atoms. The van der Waals surface area contributed by atoms with Gasteiger partial charge in [0.25, 0.3) is 0 Å². The largest absolute Gasteiger partial charge is 0.353 e. The molecule has 0 aliphatic heterocycles. The third kappa shape index (κ3) is 5.54. The number of carbonyl (C=O) groups excluding carboxylic acids is 1. The van der Waals surface area contributed by atoms with E-state index in [1.54, 1.807) is 24.3 Å². The number of halogens is 2. The Kier molecular flexibility index (Phi) is 6.80. The van der Waals surface area contributed by atoms with E-state index < -0.39 is 0 Å². The lowest BCUT2D eigenvalue weighted by Gasteiger charge is -2.01. The quantitative estimate of drug-likeness (QED) is 0.624. The van der Waals surface area contributed by atoms with Crippen LogP contribution in [0.15, 0.2) is 24.3 Å². The molecule has 0 heterocycles. The highest BCUT2D eigenvalue weighted by Gasteiger charge is 1.99. The zero-order chi connectivity index (χ0) is 13.4. The molecule has 3 nitrogen and oxygen atoms in total. The third-order valence-corrected chi connectivity index (χ3v) is 2.87. The molecular weight excluding hydrogens is 271 g/mol. The van der Waals surface area contributed by atoms with Crippen LogP contribution in [-0.2, 0) is 4.79 Å². The van der Waals surface area contributed by atoms with E-state index in [0.29, 0.717) is 23.1 Å². The molecule has 0 radical (unpaired) electrons. The highest BCUT2D eigenvalue weighted by atomic mass is 35.5. The number of hydrogen-bond acceptors (Lipinski definition) is 2. The fourth-order valence-corrected chi connectivity index (χ4v) is 1.81. The molecule has 1 aromatic rings. The summed E-state index contributed by atoms with van der Waals surface area (Å²) >= 11 is 11.8. The smallest absolute Gasteiger partial charge is 0.243 e. The van der Waals surface area contributed by atoms with Crippen LogP contribution < -0.4 is 11.1 Å². The number of carbonyl (C=O) groups is 1. The summed E-state index contributed by atoms with van der Waals surface area (Å²) in [5.41, 5.74) is 6.12. The topological polar surface area (TPSA) is 55.1 Å². The predicted octanol–water partition coefficient (Wildman–Crippen LogP) is 2.86. The van der Waals surface area contributed by atoms with Crippen molar-refractivity contribution in [3.8, 4) is 0 Å². The summed E-state index contributed by atoms with van der Waals surface area (Å²) in [4.78, 5) is 11.5. The van der Waals surface area contributed by atoms with E-state index in [1.165, 1.54) is 6.08 Å². The highest BCUT2D eigenvalue weighted by molar-refractivity contribution is 6.35. The van der Waals surface area contributed by atoms with E-state index in [-0.39, 0.29) is 5.91 Å². The second-order valence-corrected chi connectivity index (χ2v) is 4.63. The van der Waals surface area contributed by atoms with E-state index in [1.807, 2.05) is 0 Å². The molecule has 0 spiro atoms. The van der Waals surface area contributed by atoms with Crippen molar-refractivity contribution in [2.24, 2.45) is 5.73 Å². The monoisotopic (exact) mass is 286 g/mol. The molecule has 0 saturated carbocycles. The molecule has 0 saturated heterocycles. The number of unbranched alkanes of at least 4 members (excludes halogenated alkanes) is 1. The van der Waals surface area contributed by atoms with Crippen molar-refractivity contribution in [2.75, 3.05) is 13.1 Å². The summed E-state index contributed by atoms with van der Waals surface area (Å²) in [5, 5.41) is 3.86. The van der Waals surface area contributed by atoms with Gasteiger partial charge in [0, 0.05) is 22.7 Å². The van der Waals surface area contributed by atoms with Gasteiger partial charge < -0.3 is 11.1 Å². The van der Waals surface area contributed by atoms with Gasteiger partial charge in [0.2, 0.25) is 5.91 Å². The predicted molar refractivity (Wildman–Crippen MR) is 76.8 cm³/mol. The molecule has 0 bridgehead atoms. The minimum absolute atomic E-state index is 0.141. The maximum Gasteiger partial charge on any atom is 0.243 e. The van der Waals surface area contributed by atoms with Crippen molar-refractivity contribution < 1.29 is 4.79 Å². The molecule has 1 amide bonds. The minimum atomic E-state index is -0.141. The van der Waals surface area contributed by atoms with Gasteiger partial charge >= 0.3 is 0 Å². The van der Waals surface area contributed by atoms with Crippen LogP contribution in [0.1, 0.15) is 18.4 Å². The first-order valence-corrected chi connectivity index (χ1v) is 6.50. The fourth-order valence-electron chi connectivity index (χ4n) is 1.34. The Labute approximate surface area is 117 Å². The maximum atomic E-state index is 11.5. The normalized spacial score (nSPS) is 10.8. The van der Waals surface area contributed by atoms with Gasteiger partial charge in [0.1, 0.15) is 0 Å². The van der Waals surface area contributed by atoms with Crippen molar-refractivity contribution in [1.29, 1.82) is 0 Å². The minimum Gasteiger partial charge on any atom is -0.353 e. The molecule has 0 aliphatic rings. The zero-order valence-corrected chi connectivity index (χ0v) is 11.5. The van der Waals surface area contributed by atoms with Crippen LogP contribution >= 0.6 is 23.2 Å². The van der Waals surface area contributed by atoms with Gasteiger partial charge in [-0.1, -0.05) is 29.3 Å². The molecular formula is C13H16Cl2N2O. The van der Waals surface area contributed by atoms with Crippen LogP contribution in [0.3, 0.4) is 0 Å². The number of amides is 1. The van der Waals surface area contributed by atoms with Crippen molar-refractivity contribution >= 4 is 35.2 Å². The number of nitrogens with two attached hydrogens (primary N) is 1. The fraction of sp³-hybridized carbons (Fsp3) is 0.308. The van der Waals surface area contributed by atoms with Gasteiger partial charge in [-0.15, -0.1) is 0 Å². The first-order chi connectivity index (χ1) is 8.63. The van der Waals surface area contributed by atoms with E-state index in [4.69, 9.17) is 28.9 Å². The molecule has 1 aromatic carbocycles. The Morgan fingerprint density at radius 2 is 2.11 bits per heavy atom. The Bertz CT molecular complexity index is 433. The average molecular weight is 287 g/mol. The molecule has 98 valence electrons. The Morgan fingerprint density at radius 1 is 1.33 bits per heavy atom. The van der Waals surface area contributed by atoms with Gasteiger partial charge in [-0.2, -0.15) is 0 Å². The summed E-state index contributed by atoms with van der Waals surface area (Å²) in [6, 6.07) is 5.14. The van der Waals surface area contributed by atoms with Crippen molar-refractivity contribution in [1.82, 2.24) is 5.32 Å². The lowest BCUT2D eigenvalue weighted by atomic mass is 10.2. The first kappa shape index (κ1) is 15.0. The van der Waals surface area contributed by atoms with Gasteiger partial charge in [-0.25, -0.2) is 0 Å². The molecule has 5 heteroatoms.